The van der Waals surface area contributed by atoms with Crippen molar-refractivity contribution in [3.63, 3.8) is 0 Å². The number of nitro groups is 1. The minimum atomic E-state index is -0.677. The van der Waals surface area contributed by atoms with Crippen molar-refractivity contribution in [1.82, 2.24) is 5.43 Å². The SMILES string of the molecule is Cc1ccc(NC(=O)CCC(=O)N/N=C\c2ccc([N+](=O)[O-])o2)cc1C. The summed E-state index contributed by atoms with van der Waals surface area (Å²) in [6.45, 7) is 3.93. The van der Waals surface area contributed by atoms with Crippen LogP contribution in [0.3, 0.4) is 0 Å². The predicted octanol–water partition coefficient (Wildman–Crippen LogP) is 2.67. The van der Waals surface area contributed by atoms with Crippen molar-refractivity contribution < 1.29 is 18.9 Å². The van der Waals surface area contributed by atoms with Crippen LogP contribution < -0.4 is 10.7 Å². The highest BCUT2D eigenvalue weighted by Crippen LogP contribution is 2.15. The minimum Gasteiger partial charge on any atom is -0.400 e. The van der Waals surface area contributed by atoms with Crippen LogP contribution in [0.5, 0.6) is 0 Å². The Kier molecular flexibility index (Phi) is 6.20. The van der Waals surface area contributed by atoms with Gasteiger partial charge in [0.15, 0.2) is 5.76 Å². The molecule has 0 radical (unpaired) electrons. The summed E-state index contributed by atoms with van der Waals surface area (Å²) in [6.07, 6.45) is 1.09. The second-order valence-electron chi connectivity index (χ2n) is 5.57. The van der Waals surface area contributed by atoms with Gasteiger partial charge in [0.1, 0.15) is 4.92 Å². The molecule has 0 saturated heterocycles. The fourth-order valence-electron chi connectivity index (χ4n) is 2.00. The summed E-state index contributed by atoms with van der Waals surface area (Å²) in [5.74, 6) is -1.03. The second-order valence-corrected chi connectivity index (χ2v) is 5.57. The van der Waals surface area contributed by atoms with Gasteiger partial charge in [-0.1, -0.05) is 6.07 Å². The summed E-state index contributed by atoms with van der Waals surface area (Å²) < 4.78 is 4.85. The Morgan fingerprint density at radius 2 is 1.88 bits per heavy atom. The number of benzene rings is 1. The van der Waals surface area contributed by atoms with E-state index in [1.807, 2.05) is 26.0 Å². The first-order chi connectivity index (χ1) is 12.3. The van der Waals surface area contributed by atoms with E-state index in [-0.39, 0.29) is 24.5 Å². The molecule has 2 aromatic rings. The monoisotopic (exact) mass is 358 g/mol. The van der Waals surface area contributed by atoms with Crippen LogP contribution in [-0.2, 0) is 9.59 Å². The molecule has 2 amide bonds. The van der Waals surface area contributed by atoms with Crippen molar-refractivity contribution in [1.29, 1.82) is 0 Å². The lowest BCUT2D eigenvalue weighted by Crippen LogP contribution is -2.20. The highest BCUT2D eigenvalue weighted by Gasteiger charge is 2.10. The number of hydrazone groups is 1. The molecule has 0 atom stereocenters. The lowest BCUT2D eigenvalue weighted by atomic mass is 10.1. The van der Waals surface area contributed by atoms with Crippen LogP contribution >= 0.6 is 0 Å². The number of rotatable bonds is 7. The van der Waals surface area contributed by atoms with E-state index in [1.165, 1.54) is 12.1 Å². The number of furan rings is 1. The Morgan fingerprint density at radius 3 is 2.54 bits per heavy atom. The molecule has 2 N–H and O–H groups in total. The van der Waals surface area contributed by atoms with Gasteiger partial charge >= 0.3 is 5.88 Å². The van der Waals surface area contributed by atoms with Crippen LogP contribution in [-0.4, -0.2) is 23.0 Å². The molecule has 0 spiro atoms. The van der Waals surface area contributed by atoms with Crippen LogP contribution in [0.25, 0.3) is 0 Å². The van der Waals surface area contributed by atoms with Gasteiger partial charge in [-0.3, -0.25) is 19.7 Å². The molecule has 0 aliphatic heterocycles. The van der Waals surface area contributed by atoms with Gasteiger partial charge in [0.2, 0.25) is 11.8 Å². The van der Waals surface area contributed by atoms with Gasteiger partial charge in [0.25, 0.3) is 0 Å². The van der Waals surface area contributed by atoms with Gasteiger partial charge in [-0.15, -0.1) is 0 Å². The van der Waals surface area contributed by atoms with Crippen LogP contribution in [0.15, 0.2) is 39.9 Å². The van der Waals surface area contributed by atoms with Crippen molar-refractivity contribution in [3.05, 3.63) is 57.3 Å². The standard InChI is InChI=1S/C17H18N4O5/c1-11-3-4-13(9-12(11)2)19-15(22)6-7-16(23)20-18-10-14-5-8-17(26-14)21(24)25/h3-5,8-10H,6-7H2,1-2H3,(H,19,22)(H,20,23)/b18-10-. The number of anilines is 1. The summed E-state index contributed by atoms with van der Waals surface area (Å²) in [5, 5.41) is 16.8. The Labute approximate surface area is 149 Å². The molecular formula is C17H18N4O5. The number of amides is 2. The zero-order chi connectivity index (χ0) is 19.1. The Morgan fingerprint density at radius 1 is 1.15 bits per heavy atom. The fraction of sp³-hybridized carbons (Fsp3) is 0.235. The van der Waals surface area contributed by atoms with E-state index in [2.05, 4.69) is 15.8 Å². The van der Waals surface area contributed by atoms with Crippen molar-refractivity contribution in [2.75, 3.05) is 5.32 Å². The number of aryl methyl sites for hydroxylation is 2. The molecule has 9 nitrogen and oxygen atoms in total. The van der Waals surface area contributed by atoms with E-state index in [1.54, 1.807) is 6.07 Å². The smallest absolute Gasteiger partial charge is 0.400 e. The molecule has 0 aliphatic carbocycles. The fourth-order valence-corrected chi connectivity index (χ4v) is 2.00. The molecular weight excluding hydrogens is 340 g/mol. The third kappa shape index (κ3) is 5.55. The number of carbonyl (C=O) groups excluding carboxylic acids is 2. The number of carbonyl (C=O) groups is 2. The Balaban J connectivity index is 1.75. The zero-order valence-electron chi connectivity index (χ0n) is 14.3. The van der Waals surface area contributed by atoms with E-state index in [9.17, 15) is 19.7 Å². The molecule has 136 valence electrons. The molecule has 1 aromatic heterocycles. The molecule has 0 aliphatic rings. The third-order valence-corrected chi connectivity index (χ3v) is 3.54. The van der Waals surface area contributed by atoms with Crippen LogP contribution in [0.2, 0.25) is 0 Å². The molecule has 0 fully saturated rings. The van der Waals surface area contributed by atoms with Gasteiger partial charge in [-0.25, -0.2) is 5.43 Å². The van der Waals surface area contributed by atoms with E-state index in [0.29, 0.717) is 5.69 Å². The summed E-state index contributed by atoms with van der Waals surface area (Å²) in [6, 6.07) is 8.10. The highest BCUT2D eigenvalue weighted by molar-refractivity contribution is 5.93. The number of nitrogens with one attached hydrogen (secondary N) is 2. The normalized spacial score (nSPS) is 10.7. The van der Waals surface area contributed by atoms with Gasteiger partial charge in [-0.05, 0) is 43.2 Å². The first-order valence-electron chi connectivity index (χ1n) is 7.78. The molecule has 1 heterocycles. The summed E-state index contributed by atoms with van der Waals surface area (Å²) in [7, 11) is 0. The molecule has 1 aromatic carbocycles. The van der Waals surface area contributed by atoms with Crippen molar-refractivity contribution >= 4 is 29.6 Å². The van der Waals surface area contributed by atoms with Crippen molar-refractivity contribution in [2.24, 2.45) is 5.10 Å². The largest absolute Gasteiger partial charge is 0.433 e. The first kappa shape index (κ1) is 18.8. The summed E-state index contributed by atoms with van der Waals surface area (Å²) >= 11 is 0. The maximum atomic E-state index is 11.9. The summed E-state index contributed by atoms with van der Waals surface area (Å²) in [5.41, 5.74) is 5.09. The first-order valence-corrected chi connectivity index (χ1v) is 7.78. The summed E-state index contributed by atoms with van der Waals surface area (Å²) in [4.78, 5) is 33.3. The topological polar surface area (TPSA) is 127 Å². The maximum absolute atomic E-state index is 11.9. The molecule has 9 heteroatoms. The quantitative estimate of drug-likeness (QED) is 0.447. The zero-order valence-corrected chi connectivity index (χ0v) is 14.3. The number of nitrogens with zero attached hydrogens (tertiary/aromatic N) is 2. The Bertz CT molecular complexity index is 857. The van der Waals surface area contributed by atoms with Crippen LogP contribution in [0, 0.1) is 24.0 Å². The van der Waals surface area contributed by atoms with E-state index >= 15 is 0 Å². The average molecular weight is 358 g/mol. The van der Waals surface area contributed by atoms with Gasteiger partial charge in [0, 0.05) is 18.5 Å². The number of hydrogen-bond donors (Lipinski definition) is 2. The van der Waals surface area contributed by atoms with Gasteiger partial charge < -0.3 is 9.73 Å². The van der Waals surface area contributed by atoms with Crippen LogP contribution in [0.4, 0.5) is 11.6 Å². The number of hydrogen-bond acceptors (Lipinski definition) is 6. The molecule has 0 bridgehead atoms. The van der Waals surface area contributed by atoms with E-state index < -0.39 is 16.7 Å². The van der Waals surface area contributed by atoms with Crippen LogP contribution in [0.1, 0.15) is 29.7 Å². The minimum absolute atomic E-state index is 0.000497. The molecule has 2 rings (SSSR count). The third-order valence-electron chi connectivity index (χ3n) is 3.54. The molecule has 0 saturated carbocycles. The maximum Gasteiger partial charge on any atom is 0.433 e. The van der Waals surface area contributed by atoms with Crippen molar-refractivity contribution in [2.45, 2.75) is 26.7 Å². The lowest BCUT2D eigenvalue weighted by molar-refractivity contribution is -0.402. The highest BCUT2D eigenvalue weighted by atomic mass is 16.6. The predicted molar refractivity (Wildman–Crippen MR) is 94.9 cm³/mol. The Hall–Kier alpha value is -3.49. The lowest BCUT2D eigenvalue weighted by Gasteiger charge is -2.07. The molecule has 0 unspecified atom stereocenters. The van der Waals surface area contributed by atoms with Gasteiger partial charge in [0.05, 0.1) is 12.3 Å². The second kappa shape index (κ2) is 8.56. The van der Waals surface area contributed by atoms with Gasteiger partial charge in [-0.2, -0.15) is 5.10 Å². The van der Waals surface area contributed by atoms with E-state index in [0.717, 1.165) is 17.3 Å². The van der Waals surface area contributed by atoms with E-state index in [4.69, 9.17) is 4.42 Å². The average Bonchev–Trinajstić information content (AvgIpc) is 3.06. The van der Waals surface area contributed by atoms with Crippen molar-refractivity contribution in [3.8, 4) is 0 Å². The molecule has 26 heavy (non-hydrogen) atoms.